The number of rotatable bonds is 5. The molecule has 0 heterocycles. The maximum Gasteiger partial charge on any atom is 0.416 e. The number of carbonyl (C=O) groups excluding carboxylic acids is 2. The quantitative estimate of drug-likeness (QED) is 0.796. The number of alkyl halides is 3. The molecule has 0 saturated heterocycles. The Hall–Kier alpha value is -2.29. The second kappa shape index (κ2) is 8.39. The van der Waals surface area contributed by atoms with E-state index in [0.29, 0.717) is 0 Å². The summed E-state index contributed by atoms with van der Waals surface area (Å²) in [5.41, 5.74) is -1.39. The topological polar surface area (TPSA) is 73.9 Å². The molecule has 0 spiro atoms. The Bertz CT molecular complexity index is 623. The number of ether oxygens (including phenoxy) is 3. The van der Waals surface area contributed by atoms with Crippen LogP contribution in [-0.4, -0.2) is 37.9 Å². The highest BCUT2D eigenvalue weighted by Gasteiger charge is 2.35. The van der Waals surface area contributed by atoms with Crippen molar-refractivity contribution in [2.45, 2.75) is 44.7 Å². The van der Waals surface area contributed by atoms with E-state index in [2.05, 4.69) is 10.1 Å². The van der Waals surface area contributed by atoms with Gasteiger partial charge in [-0.25, -0.2) is 9.59 Å². The smallest absolute Gasteiger partial charge is 0.416 e. The second-order valence-electron chi connectivity index (χ2n) is 6.42. The summed E-state index contributed by atoms with van der Waals surface area (Å²) in [5.74, 6) is -0.831. The molecule has 0 aromatic heterocycles. The Labute approximate surface area is 149 Å². The van der Waals surface area contributed by atoms with Crippen molar-refractivity contribution in [1.82, 2.24) is 5.32 Å². The molecule has 26 heavy (non-hydrogen) atoms. The van der Waals surface area contributed by atoms with Crippen molar-refractivity contribution in [1.29, 1.82) is 0 Å². The summed E-state index contributed by atoms with van der Waals surface area (Å²) in [6.07, 6.45) is -6.45. The van der Waals surface area contributed by atoms with E-state index < -0.39 is 41.5 Å². The molecule has 0 saturated carbocycles. The van der Waals surface area contributed by atoms with Crippen LogP contribution in [0.2, 0.25) is 0 Å². The highest BCUT2D eigenvalue weighted by Crippen LogP contribution is 2.31. The number of esters is 1. The molecule has 1 rings (SSSR count). The Morgan fingerprint density at radius 1 is 1.04 bits per heavy atom. The first-order chi connectivity index (χ1) is 11.9. The summed E-state index contributed by atoms with van der Waals surface area (Å²) in [4.78, 5) is 24.0. The van der Waals surface area contributed by atoms with Gasteiger partial charge in [0.2, 0.25) is 0 Å². The number of hydrogen-bond donors (Lipinski definition) is 1. The third-order valence-electron chi connectivity index (χ3n) is 3.25. The highest BCUT2D eigenvalue weighted by atomic mass is 19.4. The van der Waals surface area contributed by atoms with Crippen LogP contribution in [0.25, 0.3) is 0 Å². The summed E-state index contributed by atoms with van der Waals surface area (Å²) in [6, 6.07) is 2.76. The van der Waals surface area contributed by atoms with Crippen molar-refractivity contribution in [2.75, 3.05) is 14.2 Å². The van der Waals surface area contributed by atoms with Gasteiger partial charge in [0.1, 0.15) is 11.7 Å². The molecule has 0 radical (unpaired) electrons. The van der Waals surface area contributed by atoms with Gasteiger partial charge in [0.25, 0.3) is 0 Å². The molecule has 2 atom stereocenters. The minimum atomic E-state index is -4.49. The number of nitrogens with one attached hydrogen (secondary N) is 1. The van der Waals surface area contributed by atoms with Gasteiger partial charge >= 0.3 is 18.2 Å². The average molecular weight is 377 g/mol. The van der Waals surface area contributed by atoms with E-state index in [9.17, 15) is 22.8 Å². The normalized spacial score (nSPS) is 14.3. The summed E-state index contributed by atoms with van der Waals surface area (Å²) < 4.78 is 53.1. The van der Waals surface area contributed by atoms with Crippen molar-refractivity contribution < 1.29 is 37.0 Å². The fraction of sp³-hybridized carbons (Fsp3) is 0.529. The summed E-state index contributed by atoms with van der Waals surface area (Å²) in [7, 11) is 2.38. The second-order valence-corrected chi connectivity index (χ2v) is 6.42. The Morgan fingerprint density at radius 3 is 1.96 bits per heavy atom. The van der Waals surface area contributed by atoms with E-state index in [1.807, 2.05) is 0 Å². The number of methoxy groups -OCH3 is 2. The molecular weight excluding hydrogens is 355 g/mol. The van der Waals surface area contributed by atoms with Crippen molar-refractivity contribution in [3.05, 3.63) is 35.4 Å². The SMILES string of the molecule is COC(=O)C(NC(=O)OC(C)(C)C)[C@@H](OC)c1ccc(C(F)(F)F)cc1. The zero-order chi connectivity index (χ0) is 20.1. The van der Waals surface area contributed by atoms with Crippen LogP contribution in [0, 0.1) is 0 Å². The van der Waals surface area contributed by atoms with Gasteiger partial charge in [-0.2, -0.15) is 13.2 Å². The zero-order valence-electron chi connectivity index (χ0n) is 15.1. The lowest BCUT2D eigenvalue weighted by molar-refractivity contribution is -0.147. The largest absolute Gasteiger partial charge is 0.467 e. The molecule has 0 fully saturated rings. The lowest BCUT2D eigenvalue weighted by Crippen LogP contribution is -2.47. The third-order valence-corrected chi connectivity index (χ3v) is 3.25. The van der Waals surface area contributed by atoms with Gasteiger partial charge in [-0.15, -0.1) is 0 Å². The fourth-order valence-electron chi connectivity index (χ4n) is 2.15. The highest BCUT2D eigenvalue weighted by molar-refractivity contribution is 5.82. The van der Waals surface area contributed by atoms with Crippen LogP contribution in [-0.2, 0) is 25.2 Å². The van der Waals surface area contributed by atoms with Crippen LogP contribution in [0.15, 0.2) is 24.3 Å². The molecule has 0 bridgehead atoms. The van der Waals surface area contributed by atoms with E-state index in [0.717, 1.165) is 19.2 Å². The first-order valence-corrected chi connectivity index (χ1v) is 7.66. The first-order valence-electron chi connectivity index (χ1n) is 7.66. The third kappa shape index (κ3) is 6.21. The number of amides is 1. The lowest BCUT2D eigenvalue weighted by Gasteiger charge is -2.27. The predicted octanol–water partition coefficient (Wildman–Crippen LogP) is 3.46. The molecule has 1 unspecified atom stereocenters. The Balaban J connectivity index is 3.09. The monoisotopic (exact) mass is 377 g/mol. The zero-order valence-corrected chi connectivity index (χ0v) is 15.1. The Kier molecular flexibility index (Phi) is 7.02. The van der Waals surface area contributed by atoms with E-state index >= 15 is 0 Å². The van der Waals surface area contributed by atoms with Crippen molar-refractivity contribution in [2.24, 2.45) is 0 Å². The standard InChI is InChI=1S/C17H22F3NO5/c1-16(2,3)26-15(23)21-12(14(22)25-5)13(24-4)10-6-8-11(9-7-10)17(18,19)20/h6-9,12-13H,1-5H3,(H,21,23)/t12?,13-/m0/s1. The molecule has 1 aromatic carbocycles. The number of halogens is 3. The maximum absolute atomic E-state index is 12.7. The molecule has 0 aliphatic rings. The van der Waals surface area contributed by atoms with Gasteiger partial charge in [0.05, 0.1) is 12.7 Å². The lowest BCUT2D eigenvalue weighted by atomic mass is 10.0. The van der Waals surface area contributed by atoms with Crippen molar-refractivity contribution in [3.63, 3.8) is 0 Å². The van der Waals surface area contributed by atoms with E-state index in [-0.39, 0.29) is 5.56 Å². The molecule has 1 aromatic rings. The minimum Gasteiger partial charge on any atom is -0.467 e. The summed E-state index contributed by atoms with van der Waals surface area (Å²) >= 11 is 0. The van der Waals surface area contributed by atoms with Crippen LogP contribution in [0.3, 0.4) is 0 Å². The first kappa shape index (κ1) is 21.8. The Morgan fingerprint density at radius 2 is 1.58 bits per heavy atom. The fourth-order valence-corrected chi connectivity index (χ4v) is 2.15. The van der Waals surface area contributed by atoms with Crippen LogP contribution in [0.5, 0.6) is 0 Å². The van der Waals surface area contributed by atoms with Gasteiger partial charge in [-0.1, -0.05) is 12.1 Å². The van der Waals surface area contributed by atoms with Gasteiger partial charge in [-0.3, -0.25) is 0 Å². The molecule has 1 N–H and O–H groups in total. The van der Waals surface area contributed by atoms with Gasteiger partial charge in [-0.05, 0) is 38.5 Å². The van der Waals surface area contributed by atoms with Crippen LogP contribution < -0.4 is 5.32 Å². The average Bonchev–Trinajstić information content (AvgIpc) is 2.51. The molecular formula is C17H22F3NO5. The molecule has 9 heteroatoms. The van der Waals surface area contributed by atoms with Crippen LogP contribution in [0.4, 0.5) is 18.0 Å². The molecule has 146 valence electrons. The van der Waals surface area contributed by atoms with E-state index in [4.69, 9.17) is 9.47 Å². The number of benzene rings is 1. The van der Waals surface area contributed by atoms with Crippen molar-refractivity contribution in [3.8, 4) is 0 Å². The minimum absolute atomic E-state index is 0.256. The molecule has 1 amide bonds. The van der Waals surface area contributed by atoms with Gasteiger partial charge in [0, 0.05) is 7.11 Å². The summed E-state index contributed by atoms with van der Waals surface area (Å²) in [6.45, 7) is 4.93. The molecule has 6 nitrogen and oxygen atoms in total. The predicted molar refractivity (Wildman–Crippen MR) is 86.4 cm³/mol. The van der Waals surface area contributed by atoms with Gasteiger partial charge in [0.15, 0.2) is 6.04 Å². The van der Waals surface area contributed by atoms with E-state index in [1.54, 1.807) is 20.8 Å². The van der Waals surface area contributed by atoms with E-state index in [1.165, 1.54) is 19.2 Å². The number of alkyl carbamates (subject to hydrolysis) is 1. The maximum atomic E-state index is 12.7. The van der Waals surface area contributed by atoms with Crippen molar-refractivity contribution >= 4 is 12.1 Å². The van der Waals surface area contributed by atoms with Gasteiger partial charge < -0.3 is 19.5 Å². The number of carbonyl (C=O) groups is 2. The number of hydrogen-bond acceptors (Lipinski definition) is 5. The molecule has 0 aliphatic heterocycles. The summed E-state index contributed by atoms with van der Waals surface area (Å²) in [5, 5.41) is 2.34. The van der Waals surface area contributed by atoms with Crippen LogP contribution in [0.1, 0.15) is 38.0 Å². The van der Waals surface area contributed by atoms with Crippen LogP contribution >= 0.6 is 0 Å². The molecule has 0 aliphatic carbocycles.